The molecule has 0 aliphatic carbocycles. The first-order valence-electron chi connectivity index (χ1n) is 9.85. The van der Waals surface area contributed by atoms with E-state index in [0.717, 1.165) is 24.9 Å². The molecule has 0 unspecified atom stereocenters. The van der Waals surface area contributed by atoms with Crippen LogP contribution in [0.5, 0.6) is 0 Å². The highest BCUT2D eigenvalue weighted by molar-refractivity contribution is 7.94. The Bertz CT molecular complexity index is 647. The van der Waals surface area contributed by atoms with E-state index in [9.17, 15) is 8.42 Å². The van der Waals surface area contributed by atoms with Crippen LogP contribution in [0.25, 0.3) is 0 Å². The molecular formula is C17H36N4O6S4. The molecule has 0 aromatic carbocycles. The van der Waals surface area contributed by atoms with Gasteiger partial charge < -0.3 is 21.3 Å². The van der Waals surface area contributed by atoms with Crippen LogP contribution in [-0.2, 0) is 19.5 Å². The SMILES string of the molecule is CC(C)(CCNC(=S)NCCCNC(=S)NCCC(C)(C)CS(=O)(=O)O)CSOOO. The van der Waals surface area contributed by atoms with Crippen LogP contribution in [0.1, 0.15) is 47.0 Å². The number of rotatable bonds is 16. The van der Waals surface area contributed by atoms with Gasteiger partial charge in [0.2, 0.25) is 0 Å². The minimum atomic E-state index is -4.00. The van der Waals surface area contributed by atoms with Crippen molar-refractivity contribution < 1.29 is 27.6 Å². The van der Waals surface area contributed by atoms with E-state index in [1.165, 1.54) is 0 Å². The van der Waals surface area contributed by atoms with Gasteiger partial charge in [-0.2, -0.15) is 8.42 Å². The van der Waals surface area contributed by atoms with Crippen LogP contribution in [0.3, 0.4) is 0 Å². The van der Waals surface area contributed by atoms with Crippen molar-refractivity contribution in [3.8, 4) is 0 Å². The molecule has 0 bridgehead atoms. The predicted molar refractivity (Wildman–Crippen MR) is 132 cm³/mol. The zero-order valence-corrected chi connectivity index (χ0v) is 21.8. The third-order valence-corrected chi connectivity index (χ3v) is 6.98. The number of thiocarbonyl (C=S) groups is 2. The summed E-state index contributed by atoms with van der Waals surface area (Å²) >= 11 is 11.5. The molecule has 0 heterocycles. The fourth-order valence-electron chi connectivity index (χ4n) is 2.49. The van der Waals surface area contributed by atoms with Crippen LogP contribution in [0.4, 0.5) is 0 Å². The van der Waals surface area contributed by atoms with Crippen molar-refractivity contribution in [2.24, 2.45) is 10.8 Å². The molecule has 0 fully saturated rings. The van der Waals surface area contributed by atoms with Crippen molar-refractivity contribution in [3.05, 3.63) is 0 Å². The Morgan fingerprint density at radius 1 is 0.903 bits per heavy atom. The summed E-state index contributed by atoms with van der Waals surface area (Å²) in [6.07, 6.45) is 2.21. The Morgan fingerprint density at radius 2 is 1.35 bits per heavy atom. The maximum Gasteiger partial charge on any atom is 0.265 e. The summed E-state index contributed by atoms with van der Waals surface area (Å²) in [6.45, 7) is 10.3. The summed E-state index contributed by atoms with van der Waals surface area (Å²) in [5, 5.41) is 25.2. The van der Waals surface area contributed by atoms with Gasteiger partial charge in [0.1, 0.15) is 0 Å². The molecule has 0 atom stereocenters. The summed E-state index contributed by atoms with van der Waals surface area (Å²) in [6, 6.07) is 0. The van der Waals surface area contributed by atoms with E-state index in [2.05, 4.69) is 44.5 Å². The lowest BCUT2D eigenvalue weighted by Crippen LogP contribution is -2.40. The Balaban J connectivity index is 3.78. The van der Waals surface area contributed by atoms with Crippen LogP contribution in [0.15, 0.2) is 0 Å². The van der Waals surface area contributed by atoms with E-state index in [-0.39, 0.29) is 11.2 Å². The summed E-state index contributed by atoms with van der Waals surface area (Å²) in [4.78, 5) is 0. The van der Waals surface area contributed by atoms with E-state index in [0.29, 0.717) is 48.6 Å². The number of hydrogen-bond donors (Lipinski definition) is 6. The third-order valence-electron chi connectivity index (χ3n) is 4.20. The van der Waals surface area contributed by atoms with Crippen molar-refractivity contribution in [1.82, 2.24) is 21.3 Å². The smallest absolute Gasteiger partial charge is 0.265 e. The zero-order chi connectivity index (χ0) is 24.0. The fraction of sp³-hybridized carbons (Fsp3) is 0.882. The molecule has 0 aliphatic rings. The maximum atomic E-state index is 11.0. The molecule has 0 aliphatic heterocycles. The van der Waals surface area contributed by atoms with E-state index >= 15 is 0 Å². The second-order valence-electron chi connectivity index (χ2n) is 8.68. The lowest BCUT2D eigenvalue weighted by molar-refractivity contribution is -0.432. The highest BCUT2D eigenvalue weighted by atomic mass is 32.2. The number of hydrogen-bond acceptors (Lipinski definition) is 8. The lowest BCUT2D eigenvalue weighted by atomic mass is 9.92. The Morgan fingerprint density at radius 3 is 1.81 bits per heavy atom. The number of nitrogens with one attached hydrogen (secondary N) is 4. The van der Waals surface area contributed by atoms with Gasteiger partial charge in [0, 0.05) is 44.0 Å². The standard InChI is InChI=1S/C17H36N4O6S4/c1-16(2,12-30-27-26-22)6-10-20-14(28)18-8-5-9-19-15(29)21-11-7-17(3,4)13-31(23,24)25/h22H,5-13H2,1-4H3,(H2,18,20,28)(H2,19,21,29)(H,23,24,25). The van der Waals surface area contributed by atoms with Gasteiger partial charge in [-0.3, -0.25) is 4.55 Å². The maximum absolute atomic E-state index is 11.0. The first kappa shape index (κ1) is 30.5. The van der Waals surface area contributed by atoms with Crippen molar-refractivity contribution in [1.29, 1.82) is 0 Å². The molecule has 0 rings (SSSR count). The van der Waals surface area contributed by atoms with Crippen LogP contribution >= 0.6 is 36.5 Å². The van der Waals surface area contributed by atoms with E-state index < -0.39 is 15.5 Å². The fourth-order valence-corrected chi connectivity index (χ4v) is 4.58. The van der Waals surface area contributed by atoms with Crippen molar-refractivity contribution in [2.75, 3.05) is 37.7 Å². The summed E-state index contributed by atoms with van der Waals surface area (Å²) < 4.78 is 35.4. The van der Waals surface area contributed by atoms with Gasteiger partial charge >= 0.3 is 0 Å². The third kappa shape index (κ3) is 19.9. The molecule has 10 nitrogen and oxygen atoms in total. The molecule has 0 amide bonds. The first-order chi connectivity index (χ1) is 14.3. The Hall–Kier alpha value is -0.480. The van der Waals surface area contributed by atoms with Gasteiger partial charge in [0.05, 0.1) is 5.75 Å². The van der Waals surface area contributed by atoms with Gasteiger partial charge in [-0.15, -0.1) is 4.33 Å². The van der Waals surface area contributed by atoms with Crippen molar-refractivity contribution in [2.45, 2.75) is 47.0 Å². The molecule has 0 aromatic heterocycles. The van der Waals surface area contributed by atoms with Gasteiger partial charge in [-0.05, 0) is 54.5 Å². The molecule has 0 spiro atoms. The van der Waals surface area contributed by atoms with Gasteiger partial charge in [0.15, 0.2) is 10.2 Å². The molecule has 0 radical (unpaired) electrons. The molecule has 31 heavy (non-hydrogen) atoms. The molecule has 0 aromatic rings. The summed E-state index contributed by atoms with van der Waals surface area (Å²) in [5.41, 5.74) is -0.557. The molecule has 184 valence electrons. The largest absolute Gasteiger partial charge is 0.363 e. The van der Waals surface area contributed by atoms with Crippen LogP contribution < -0.4 is 21.3 Å². The molecule has 6 N–H and O–H groups in total. The van der Waals surface area contributed by atoms with E-state index in [4.69, 9.17) is 34.2 Å². The zero-order valence-electron chi connectivity index (χ0n) is 18.5. The molecular weight excluding hydrogens is 484 g/mol. The molecule has 14 heteroatoms. The topological polar surface area (TPSA) is 141 Å². The Kier molecular flexibility index (Phi) is 15.1. The van der Waals surface area contributed by atoms with Crippen LogP contribution in [-0.4, -0.2) is 66.1 Å². The predicted octanol–water partition coefficient (Wildman–Crippen LogP) is 2.09. The summed E-state index contributed by atoms with van der Waals surface area (Å²) in [7, 11) is -4.00. The minimum Gasteiger partial charge on any atom is -0.363 e. The highest BCUT2D eigenvalue weighted by Crippen LogP contribution is 2.25. The van der Waals surface area contributed by atoms with Gasteiger partial charge in [-0.25, -0.2) is 5.26 Å². The average Bonchev–Trinajstić information content (AvgIpc) is 2.59. The first-order valence-corrected chi connectivity index (χ1v) is 13.2. The molecule has 0 saturated heterocycles. The second-order valence-corrected chi connectivity index (χ2v) is 11.6. The molecule has 0 saturated carbocycles. The highest BCUT2D eigenvalue weighted by Gasteiger charge is 2.24. The van der Waals surface area contributed by atoms with Gasteiger partial charge in [0.25, 0.3) is 10.1 Å². The van der Waals surface area contributed by atoms with Crippen molar-refractivity contribution in [3.63, 3.8) is 0 Å². The lowest BCUT2D eigenvalue weighted by Gasteiger charge is -2.23. The quantitative estimate of drug-likeness (QED) is 0.0442. The van der Waals surface area contributed by atoms with E-state index in [1.54, 1.807) is 13.8 Å². The minimum absolute atomic E-state index is 0.0139. The summed E-state index contributed by atoms with van der Waals surface area (Å²) in [5.74, 6) is 0.373. The monoisotopic (exact) mass is 520 g/mol. The second kappa shape index (κ2) is 15.4. The van der Waals surface area contributed by atoms with Gasteiger partial charge in [-0.1, -0.05) is 32.7 Å². The normalized spacial score (nSPS) is 12.3. The Labute approximate surface area is 200 Å². The van der Waals surface area contributed by atoms with E-state index in [1.807, 2.05) is 0 Å². The van der Waals surface area contributed by atoms with Crippen LogP contribution in [0.2, 0.25) is 0 Å². The average molecular weight is 521 g/mol. The van der Waals surface area contributed by atoms with Crippen molar-refractivity contribution >= 4 is 56.8 Å². The van der Waals surface area contributed by atoms with Crippen LogP contribution in [0, 0.1) is 10.8 Å².